The quantitative estimate of drug-likeness (QED) is 0.647. The summed E-state index contributed by atoms with van der Waals surface area (Å²) in [5, 5.41) is 2.87. The number of carbonyl (C=O) groups excluding carboxylic acids is 1. The minimum absolute atomic E-state index is 0.204. The molecule has 1 aliphatic heterocycles. The molecule has 0 aromatic rings. The predicted octanol–water partition coefficient (Wildman–Crippen LogP) is 0.320. The molecule has 0 aliphatic carbocycles. The summed E-state index contributed by atoms with van der Waals surface area (Å²) < 4.78 is 0. The fourth-order valence-corrected chi connectivity index (χ4v) is 1.86. The second kappa shape index (κ2) is 3.90. The highest BCUT2D eigenvalue weighted by Crippen LogP contribution is 2.21. The van der Waals surface area contributed by atoms with Crippen LogP contribution in [0.2, 0.25) is 0 Å². The van der Waals surface area contributed by atoms with E-state index in [0.29, 0.717) is 5.92 Å². The van der Waals surface area contributed by atoms with E-state index in [9.17, 15) is 4.79 Å². The van der Waals surface area contributed by atoms with Crippen molar-refractivity contribution < 1.29 is 4.79 Å². The highest BCUT2D eigenvalue weighted by Gasteiger charge is 2.32. The Bertz CT molecular complexity index is 170. The van der Waals surface area contributed by atoms with Crippen LogP contribution in [0, 0.1) is 11.8 Å². The summed E-state index contributed by atoms with van der Waals surface area (Å²) in [6.07, 6.45) is 0. The fourth-order valence-electron chi connectivity index (χ4n) is 1.86. The molecule has 1 aliphatic rings. The molecule has 3 heteroatoms. The van der Waals surface area contributed by atoms with Crippen molar-refractivity contribution in [3.05, 3.63) is 0 Å². The monoisotopic (exact) mass is 170 g/mol. The van der Waals surface area contributed by atoms with Crippen LogP contribution in [0.5, 0.6) is 0 Å². The van der Waals surface area contributed by atoms with Crippen LogP contribution in [0.15, 0.2) is 0 Å². The molecule has 0 unspecified atom stereocenters. The SMILES string of the molecule is CCNC(=O)[C@@H]1CN(C)C[C@H]1C. The van der Waals surface area contributed by atoms with Gasteiger partial charge in [-0.05, 0) is 19.9 Å². The molecule has 0 bridgehead atoms. The van der Waals surface area contributed by atoms with Gasteiger partial charge in [-0.3, -0.25) is 4.79 Å². The van der Waals surface area contributed by atoms with E-state index in [0.717, 1.165) is 19.6 Å². The van der Waals surface area contributed by atoms with Gasteiger partial charge in [0.05, 0.1) is 5.92 Å². The molecule has 0 spiro atoms. The third-order valence-corrected chi connectivity index (χ3v) is 2.48. The molecule has 1 heterocycles. The number of nitrogens with zero attached hydrogens (tertiary/aromatic N) is 1. The lowest BCUT2D eigenvalue weighted by molar-refractivity contribution is -0.125. The zero-order valence-corrected chi connectivity index (χ0v) is 8.13. The molecule has 3 nitrogen and oxygen atoms in total. The number of amides is 1. The van der Waals surface area contributed by atoms with Crippen LogP contribution in [0.1, 0.15) is 13.8 Å². The van der Waals surface area contributed by atoms with Crippen molar-refractivity contribution >= 4 is 5.91 Å². The van der Waals surface area contributed by atoms with Crippen molar-refractivity contribution in [1.29, 1.82) is 0 Å². The Hall–Kier alpha value is -0.570. The van der Waals surface area contributed by atoms with Gasteiger partial charge in [0.15, 0.2) is 0 Å². The first-order valence-electron chi connectivity index (χ1n) is 4.61. The Morgan fingerprint density at radius 1 is 1.58 bits per heavy atom. The van der Waals surface area contributed by atoms with Crippen LogP contribution < -0.4 is 5.32 Å². The number of likely N-dealkylation sites (tertiary alicyclic amines) is 1. The molecule has 0 saturated carbocycles. The largest absolute Gasteiger partial charge is 0.356 e. The highest BCUT2D eigenvalue weighted by molar-refractivity contribution is 5.79. The smallest absolute Gasteiger partial charge is 0.224 e. The summed E-state index contributed by atoms with van der Waals surface area (Å²) in [5.74, 6) is 0.922. The second-order valence-electron chi connectivity index (χ2n) is 3.70. The van der Waals surface area contributed by atoms with E-state index in [-0.39, 0.29) is 11.8 Å². The molecular weight excluding hydrogens is 152 g/mol. The van der Waals surface area contributed by atoms with E-state index in [1.807, 2.05) is 6.92 Å². The Morgan fingerprint density at radius 2 is 2.25 bits per heavy atom. The van der Waals surface area contributed by atoms with Crippen LogP contribution in [-0.2, 0) is 4.79 Å². The number of hydrogen-bond donors (Lipinski definition) is 1. The third-order valence-electron chi connectivity index (χ3n) is 2.48. The van der Waals surface area contributed by atoms with Crippen molar-refractivity contribution in [3.8, 4) is 0 Å². The molecule has 1 rings (SSSR count). The van der Waals surface area contributed by atoms with Gasteiger partial charge in [0.1, 0.15) is 0 Å². The van der Waals surface area contributed by atoms with Crippen LogP contribution in [0.25, 0.3) is 0 Å². The number of carbonyl (C=O) groups is 1. The van der Waals surface area contributed by atoms with Gasteiger partial charge >= 0.3 is 0 Å². The van der Waals surface area contributed by atoms with Gasteiger partial charge in [0, 0.05) is 19.6 Å². The number of nitrogens with one attached hydrogen (secondary N) is 1. The van der Waals surface area contributed by atoms with Gasteiger partial charge in [-0.1, -0.05) is 6.92 Å². The molecule has 1 fully saturated rings. The van der Waals surface area contributed by atoms with Crippen LogP contribution in [-0.4, -0.2) is 37.5 Å². The van der Waals surface area contributed by atoms with Crippen LogP contribution in [0.3, 0.4) is 0 Å². The van der Waals surface area contributed by atoms with Crippen molar-refractivity contribution in [3.63, 3.8) is 0 Å². The summed E-state index contributed by atoms with van der Waals surface area (Å²) in [6, 6.07) is 0. The maximum absolute atomic E-state index is 11.5. The Morgan fingerprint density at radius 3 is 2.67 bits per heavy atom. The van der Waals surface area contributed by atoms with Gasteiger partial charge in [-0.2, -0.15) is 0 Å². The van der Waals surface area contributed by atoms with Crippen molar-refractivity contribution in [2.45, 2.75) is 13.8 Å². The second-order valence-corrected chi connectivity index (χ2v) is 3.70. The van der Waals surface area contributed by atoms with Gasteiger partial charge in [-0.15, -0.1) is 0 Å². The summed E-state index contributed by atoms with van der Waals surface area (Å²) in [6.45, 7) is 6.80. The Kier molecular flexibility index (Phi) is 3.09. The highest BCUT2D eigenvalue weighted by atomic mass is 16.1. The molecule has 12 heavy (non-hydrogen) atoms. The average molecular weight is 170 g/mol. The van der Waals surface area contributed by atoms with Gasteiger partial charge in [0.25, 0.3) is 0 Å². The van der Waals surface area contributed by atoms with Gasteiger partial charge in [0.2, 0.25) is 5.91 Å². The zero-order valence-electron chi connectivity index (χ0n) is 8.13. The Balaban J connectivity index is 2.46. The first-order chi connectivity index (χ1) is 5.65. The molecular formula is C9H18N2O. The Labute approximate surface area is 74.1 Å². The molecule has 2 atom stereocenters. The third kappa shape index (κ3) is 1.97. The maximum Gasteiger partial charge on any atom is 0.224 e. The fraction of sp³-hybridized carbons (Fsp3) is 0.889. The molecule has 0 radical (unpaired) electrons. The molecule has 0 aromatic heterocycles. The van der Waals surface area contributed by atoms with Crippen molar-refractivity contribution in [2.75, 3.05) is 26.7 Å². The van der Waals surface area contributed by atoms with Gasteiger partial charge < -0.3 is 10.2 Å². The molecule has 1 amide bonds. The lowest BCUT2D eigenvalue weighted by Gasteiger charge is -2.12. The van der Waals surface area contributed by atoms with Crippen LogP contribution >= 0.6 is 0 Å². The molecule has 0 aromatic carbocycles. The zero-order chi connectivity index (χ0) is 9.14. The lowest BCUT2D eigenvalue weighted by atomic mass is 9.97. The summed E-state index contributed by atoms with van der Waals surface area (Å²) in [4.78, 5) is 13.7. The van der Waals surface area contributed by atoms with E-state index < -0.39 is 0 Å². The van der Waals surface area contributed by atoms with E-state index in [2.05, 4.69) is 24.2 Å². The first-order valence-corrected chi connectivity index (χ1v) is 4.61. The van der Waals surface area contributed by atoms with E-state index >= 15 is 0 Å². The lowest BCUT2D eigenvalue weighted by Crippen LogP contribution is -2.34. The average Bonchev–Trinajstić information content (AvgIpc) is 2.30. The molecule has 70 valence electrons. The maximum atomic E-state index is 11.5. The van der Waals surface area contributed by atoms with Crippen LogP contribution in [0.4, 0.5) is 0 Å². The standard InChI is InChI=1S/C9H18N2O/c1-4-10-9(12)8-6-11(3)5-7(8)2/h7-8H,4-6H2,1-3H3,(H,10,12)/t7-,8-/m1/s1. The van der Waals surface area contributed by atoms with E-state index in [1.165, 1.54) is 0 Å². The summed E-state index contributed by atoms with van der Waals surface area (Å²) in [7, 11) is 2.07. The minimum atomic E-state index is 0.204. The normalized spacial score (nSPS) is 30.6. The molecule has 1 N–H and O–H groups in total. The first kappa shape index (κ1) is 9.52. The van der Waals surface area contributed by atoms with Crippen molar-refractivity contribution in [2.24, 2.45) is 11.8 Å². The topological polar surface area (TPSA) is 32.3 Å². The summed E-state index contributed by atoms with van der Waals surface area (Å²) in [5.41, 5.74) is 0. The van der Waals surface area contributed by atoms with E-state index in [4.69, 9.17) is 0 Å². The predicted molar refractivity (Wildman–Crippen MR) is 48.8 cm³/mol. The molecule has 1 saturated heterocycles. The summed E-state index contributed by atoms with van der Waals surface area (Å²) >= 11 is 0. The number of hydrogen-bond acceptors (Lipinski definition) is 2. The van der Waals surface area contributed by atoms with Crippen molar-refractivity contribution in [1.82, 2.24) is 10.2 Å². The number of rotatable bonds is 2. The minimum Gasteiger partial charge on any atom is -0.356 e. The van der Waals surface area contributed by atoms with E-state index in [1.54, 1.807) is 0 Å². The van der Waals surface area contributed by atoms with Gasteiger partial charge in [-0.25, -0.2) is 0 Å².